The van der Waals surface area contributed by atoms with Crippen LogP contribution in [0.4, 0.5) is 4.39 Å². The number of amides is 1. The number of nitrogens with one attached hydrogen (secondary N) is 1. The third-order valence-corrected chi connectivity index (χ3v) is 5.04. The van der Waals surface area contributed by atoms with E-state index >= 15 is 0 Å². The Morgan fingerprint density at radius 3 is 2.74 bits per heavy atom. The number of carbonyl (C=O) groups excluding carboxylic acids is 1. The molecule has 0 aliphatic heterocycles. The molecule has 7 heteroatoms. The number of carbonyl (C=O) groups is 2. The number of thiazole rings is 1. The predicted molar refractivity (Wildman–Crippen MR) is 82.8 cm³/mol. The number of carboxylic acids is 1. The molecule has 0 saturated heterocycles. The molecule has 1 saturated carbocycles. The second-order valence-electron chi connectivity index (χ2n) is 5.56. The smallest absolute Gasteiger partial charge is 0.355 e. The van der Waals surface area contributed by atoms with Crippen molar-refractivity contribution >= 4 is 23.2 Å². The lowest BCUT2D eigenvalue weighted by Gasteiger charge is -2.40. The summed E-state index contributed by atoms with van der Waals surface area (Å²) in [6.07, 6.45) is 2.28. The van der Waals surface area contributed by atoms with Crippen LogP contribution in [-0.4, -0.2) is 22.0 Å². The highest BCUT2D eigenvalue weighted by Gasteiger charge is 2.45. The molecule has 3 rings (SSSR count). The van der Waals surface area contributed by atoms with Gasteiger partial charge in [-0.25, -0.2) is 14.2 Å². The summed E-state index contributed by atoms with van der Waals surface area (Å²) >= 11 is 1.19. The highest BCUT2D eigenvalue weighted by molar-refractivity contribution is 7.09. The third-order valence-electron chi connectivity index (χ3n) is 4.19. The number of aromatic carboxylic acids is 1. The molecular weight excluding hydrogens is 319 g/mol. The summed E-state index contributed by atoms with van der Waals surface area (Å²) in [5.41, 5.74) is -0.0241. The molecule has 1 heterocycles. The molecular formula is C16H15FN2O3S. The molecule has 5 nitrogen and oxygen atoms in total. The zero-order valence-corrected chi connectivity index (χ0v) is 13.0. The zero-order valence-electron chi connectivity index (χ0n) is 12.2. The number of hydrogen-bond donors (Lipinski definition) is 2. The number of halogens is 1. The summed E-state index contributed by atoms with van der Waals surface area (Å²) in [7, 11) is 0. The van der Waals surface area contributed by atoms with E-state index in [1.54, 1.807) is 12.1 Å². The Hall–Kier alpha value is -2.28. The number of carboxylic acid groups (broad SMARTS) is 1. The SMILES string of the molecule is O=C(O)c1csc(CNC(=O)C2(c3cccc(F)c3)CCC2)n1. The zero-order chi connectivity index (χ0) is 16.4. The Kier molecular flexibility index (Phi) is 4.12. The predicted octanol–water partition coefficient (Wildman–Crippen LogP) is 2.72. The topological polar surface area (TPSA) is 79.3 Å². The summed E-state index contributed by atoms with van der Waals surface area (Å²) in [5.74, 6) is -1.61. The molecule has 0 bridgehead atoms. The van der Waals surface area contributed by atoms with Crippen molar-refractivity contribution in [2.75, 3.05) is 0 Å². The van der Waals surface area contributed by atoms with Crippen molar-refractivity contribution in [2.24, 2.45) is 0 Å². The molecule has 1 fully saturated rings. The Balaban J connectivity index is 1.72. The second kappa shape index (κ2) is 6.08. The van der Waals surface area contributed by atoms with Crippen LogP contribution >= 0.6 is 11.3 Å². The molecule has 0 spiro atoms. The lowest BCUT2D eigenvalue weighted by molar-refractivity contribution is -0.130. The van der Waals surface area contributed by atoms with Gasteiger partial charge in [0, 0.05) is 5.38 Å². The van der Waals surface area contributed by atoms with Gasteiger partial charge in [0.25, 0.3) is 0 Å². The van der Waals surface area contributed by atoms with Crippen molar-refractivity contribution in [3.63, 3.8) is 0 Å². The van der Waals surface area contributed by atoms with Crippen molar-refractivity contribution in [2.45, 2.75) is 31.2 Å². The molecule has 23 heavy (non-hydrogen) atoms. The highest BCUT2D eigenvalue weighted by atomic mass is 32.1. The van der Waals surface area contributed by atoms with Gasteiger partial charge in [-0.05, 0) is 30.5 Å². The maximum absolute atomic E-state index is 13.5. The van der Waals surface area contributed by atoms with Crippen LogP contribution in [-0.2, 0) is 16.8 Å². The van der Waals surface area contributed by atoms with Gasteiger partial charge in [-0.15, -0.1) is 11.3 Å². The van der Waals surface area contributed by atoms with Gasteiger partial charge in [0.15, 0.2) is 5.69 Å². The van der Waals surface area contributed by atoms with Crippen molar-refractivity contribution in [3.05, 3.63) is 51.7 Å². The maximum Gasteiger partial charge on any atom is 0.355 e. The van der Waals surface area contributed by atoms with Gasteiger partial charge in [0.05, 0.1) is 12.0 Å². The van der Waals surface area contributed by atoms with Gasteiger partial charge in [0.1, 0.15) is 10.8 Å². The van der Waals surface area contributed by atoms with Crippen molar-refractivity contribution in [1.29, 1.82) is 0 Å². The van der Waals surface area contributed by atoms with Crippen LogP contribution in [0, 0.1) is 5.82 Å². The number of nitrogens with zero attached hydrogens (tertiary/aromatic N) is 1. The Labute approximate surface area is 136 Å². The number of rotatable bonds is 5. The number of hydrogen-bond acceptors (Lipinski definition) is 4. The van der Waals surface area contributed by atoms with Crippen LogP contribution in [0.3, 0.4) is 0 Å². The summed E-state index contributed by atoms with van der Waals surface area (Å²) < 4.78 is 13.5. The van der Waals surface area contributed by atoms with E-state index in [1.165, 1.54) is 28.8 Å². The summed E-state index contributed by atoms with van der Waals surface area (Å²) in [6, 6.07) is 6.15. The molecule has 0 unspecified atom stereocenters. The first kappa shape index (κ1) is 15.6. The third kappa shape index (κ3) is 2.96. The van der Waals surface area contributed by atoms with Gasteiger partial charge in [0.2, 0.25) is 5.91 Å². The molecule has 0 atom stereocenters. The largest absolute Gasteiger partial charge is 0.476 e. The van der Waals surface area contributed by atoms with E-state index in [-0.39, 0.29) is 24.0 Å². The fourth-order valence-electron chi connectivity index (χ4n) is 2.78. The molecule has 120 valence electrons. The lowest BCUT2D eigenvalue weighted by Crippen LogP contribution is -2.49. The molecule has 0 radical (unpaired) electrons. The molecule has 1 aliphatic rings. The van der Waals surface area contributed by atoms with E-state index in [0.29, 0.717) is 23.4 Å². The Morgan fingerprint density at radius 2 is 2.17 bits per heavy atom. The van der Waals surface area contributed by atoms with Crippen LogP contribution in [0.5, 0.6) is 0 Å². The van der Waals surface area contributed by atoms with Crippen LogP contribution < -0.4 is 5.32 Å². The van der Waals surface area contributed by atoms with Gasteiger partial charge >= 0.3 is 5.97 Å². The molecule has 1 amide bonds. The first-order valence-electron chi connectivity index (χ1n) is 7.23. The van der Waals surface area contributed by atoms with Crippen molar-refractivity contribution < 1.29 is 19.1 Å². The molecule has 1 aromatic heterocycles. The van der Waals surface area contributed by atoms with Crippen LogP contribution in [0.15, 0.2) is 29.6 Å². The molecule has 1 aliphatic carbocycles. The van der Waals surface area contributed by atoms with Crippen LogP contribution in [0.1, 0.15) is 40.3 Å². The Bertz CT molecular complexity index is 755. The van der Waals surface area contributed by atoms with E-state index in [4.69, 9.17) is 5.11 Å². The summed E-state index contributed by atoms with van der Waals surface area (Å²) in [6.45, 7) is 0.174. The van der Waals surface area contributed by atoms with E-state index in [1.807, 2.05) is 0 Å². The van der Waals surface area contributed by atoms with Gasteiger partial charge in [-0.1, -0.05) is 18.6 Å². The minimum atomic E-state index is -1.09. The van der Waals surface area contributed by atoms with Crippen molar-refractivity contribution in [3.8, 4) is 0 Å². The fraction of sp³-hybridized carbons (Fsp3) is 0.312. The van der Waals surface area contributed by atoms with E-state index in [0.717, 1.165) is 6.42 Å². The summed E-state index contributed by atoms with van der Waals surface area (Å²) in [5, 5.41) is 13.6. The Morgan fingerprint density at radius 1 is 1.39 bits per heavy atom. The first-order chi connectivity index (χ1) is 11.0. The standard InChI is InChI=1S/C16H15FN2O3S/c17-11-4-1-3-10(7-11)16(5-2-6-16)15(22)18-8-13-19-12(9-23-13)14(20)21/h1,3-4,7,9H,2,5-6,8H2,(H,18,22)(H,20,21). The summed E-state index contributed by atoms with van der Waals surface area (Å²) in [4.78, 5) is 27.3. The van der Waals surface area contributed by atoms with Gasteiger partial charge in [-0.3, -0.25) is 4.79 Å². The first-order valence-corrected chi connectivity index (χ1v) is 8.11. The van der Waals surface area contributed by atoms with E-state index in [9.17, 15) is 14.0 Å². The monoisotopic (exact) mass is 334 g/mol. The van der Waals surface area contributed by atoms with Crippen molar-refractivity contribution in [1.82, 2.24) is 10.3 Å². The fourth-order valence-corrected chi connectivity index (χ4v) is 3.49. The molecule has 2 aromatic rings. The van der Waals surface area contributed by atoms with E-state index in [2.05, 4.69) is 10.3 Å². The van der Waals surface area contributed by atoms with E-state index < -0.39 is 11.4 Å². The van der Waals surface area contributed by atoms with Crippen LogP contribution in [0.25, 0.3) is 0 Å². The quantitative estimate of drug-likeness (QED) is 0.881. The molecule has 2 N–H and O–H groups in total. The minimum absolute atomic E-state index is 0.0252. The second-order valence-corrected chi connectivity index (χ2v) is 6.50. The minimum Gasteiger partial charge on any atom is -0.476 e. The van der Waals surface area contributed by atoms with Crippen LogP contribution in [0.2, 0.25) is 0 Å². The normalized spacial score (nSPS) is 15.7. The van der Waals surface area contributed by atoms with Gasteiger partial charge in [-0.2, -0.15) is 0 Å². The molecule has 1 aromatic carbocycles. The highest BCUT2D eigenvalue weighted by Crippen LogP contribution is 2.44. The van der Waals surface area contributed by atoms with Gasteiger partial charge < -0.3 is 10.4 Å². The average molecular weight is 334 g/mol. The lowest BCUT2D eigenvalue weighted by atomic mass is 9.64. The number of benzene rings is 1. The average Bonchev–Trinajstić information content (AvgIpc) is 2.93. The maximum atomic E-state index is 13.5. The number of aromatic nitrogens is 1.